The van der Waals surface area contributed by atoms with Crippen LogP contribution in [0.4, 0.5) is 5.69 Å². The molecule has 2 aromatic carbocycles. The standard InChI is InChI=1S/C18H17Cl4N3OS/c1-10-7-8-11(2)14(9-10)23-17(27)25-16(18(20,21)22)24-15(26)12-5-3-4-6-13(12)19/h3-9,16H,1-2H3,(H,24,26)(H2,23,25,27)/t16-/m1/s1. The Morgan fingerprint density at radius 1 is 1.07 bits per heavy atom. The van der Waals surface area contributed by atoms with E-state index in [9.17, 15) is 4.79 Å². The lowest BCUT2D eigenvalue weighted by Crippen LogP contribution is -2.56. The summed E-state index contributed by atoms with van der Waals surface area (Å²) in [6.45, 7) is 3.91. The lowest BCUT2D eigenvalue weighted by molar-refractivity contribution is 0.0934. The van der Waals surface area contributed by atoms with Gasteiger partial charge in [-0.15, -0.1) is 0 Å². The van der Waals surface area contributed by atoms with Crippen molar-refractivity contribution < 1.29 is 4.79 Å². The Morgan fingerprint density at radius 2 is 1.74 bits per heavy atom. The molecule has 0 aromatic heterocycles. The van der Waals surface area contributed by atoms with Gasteiger partial charge in [-0.25, -0.2) is 0 Å². The first-order chi connectivity index (χ1) is 12.6. The normalized spacial score (nSPS) is 12.2. The smallest absolute Gasteiger partial charge is 0.254 e. The zero-order chi connectivity index (χ0) is 20.2. The Balaban J connectivity index is 2.12. The minimum Gasteiger partial charge on any atom is -0.339 e. The van der Waals surface area contributed by atoms with Crippen LogP contribution < -0.4 is 16.0 Å². The molecule has 2 rings (SSSR count). The van der Waals surface area contributed by atoms with Gasteiger partial charge in [-0.05, 0) is 55.4 Å². The van der Waals surface area contributed by atoms with Gasteiger partial charge in [0.2, 0.25) is 3.79 Å². The average Bonchev–Trinajstić information content (AvgIpc) is 2.57. The van der Waals surface area contributed by atoms with E-state index in [0.717, 1.165) is 16.8 Å². The Morgan fingerprint density at radius 3 is 2.37 bits per heavy atom. The summed E-state index contributed by atoms with van der Waals surface area (Å²) in [7, 11) is 0. The van der Waals surface area contributed by atoms with Crippen molar-refractivity contribution >= 4 is 75.3 Å². The third-order valence-electron chi connectivity index (χ3n) is 3.64. The summed E-state index contributed by atoms with van der Waals surface area (Å²) in [4.78, 5) is 12.5. The largest absolute Gasteiger partial charge is 0.339 e. The molecule has 0 aliphatic heterocycles. The topological polar surface area (TPSA) is 53.2 Å². The molecule has 9 heteroatoms. The van der Waals surface area contributed by atoms with Crippen molar-refractivity contribution in [2.75, 3.05) is 5.32 Å². The molecule has 0 saturated carbocycles. The highest BCUT2D eigenvalue weighted by Crippen LogP contribution is 2.29. The molecule has 0 spiro atoms. The number of aryl methyl sites for hydroxylation is 2. The molecule has 0 aliphatic rings. The minimum atomic E-state index is -1.86. The predicted octanol–water partition coefficient (Wildman–Crippen LogP) is 5.37. The molecule has 0 aliphatic carbocycles. The fourth-order valence-corrected chi connectivity index (χ4v) is 2.99. The quantitative estimate of drug-likeness (QED) is 0.323. The first kappa shape index (κ1) is 22.1. The molecule has 0 saturated heterocycles. The van der Waals surface area contributed by atoms with Crippen LogP contribution in [-0.4, -0.2) is 21.0 Å². The van der Waals surface area contributed by atoms with Gasteiger partial charge in [0.25, 0.3) is 5.91 Å². The van der Waals surface area contributed by atoms with Crippen LogP contribution in [0.3, 0.4) is 0 Å². The molecular weight excluding hydrogens is 448 g/mol. The van der Waals surface area contributed by atoms with Crippen LogP contribution in [0.25, 0.3) is 0 Å². The lowest BCUT2D eigenvalue weighted by Gasteiger charge is -2.28. The molecule has 0 fully saturated rings. The summed E-state index contributed by atoms with van der Waals surface area (Å²) in [5, 5.41) is 8.95. The highest BCUT2D eigenvalue weighted by Gasteiger charge is 2.35. The third kappa shape index (κ3) is 6.40. The Bertz CT molecular complexity index is 855. The SMILES string of the molecule is Cc1ccc(C)c(NC(=S)N[C@@H](NC(=O)c2ccccc2Cl)C(Cl)(Cl)Cl)c1. The highest BCUT2D eigenvalue weighted by molar-refractivity contribution is 7.80. The van der Waals surface area contributed by atoms with E-state index in [2.05, 4.69) is 16.0 Å². The van der Waals surface area contributed by atoms with Gasteiger partial charge in [-0.2, -0.15) is 0 Å². The molecule has 0 heterocycles. The number of rotatable bonds is 4. The summed E-state index contributed by atoms with van der Waals surface area (Å²) < 4.78 is -1.86. The molecule has 0 unspecified atom stereocenters. The molecule has 1 amide bonds. The summed E-state index contributed by atoms with van der Waals surface area (Å²) in [5.74, 6) is -0.501. The number of alkyl halides is 3. The molecule has 144 valence electrons. The number of anilines is 1. The fraction of sp³-hybridized carbons (Fsp3) is 0.222. The predicted molar refractivity (Wildman–Crippen MR) is 118 cm³/mol. The molecular formula is C18H17Cl4N3OS. The first-order valence-corrected chi connectivity index (χ1v) is 9.77. The highest BCUT2D eigenvalue weighted by atomic mass is 35.6. The number of hydrogen-bond donors (Lipinski definition) is 3. The molecule has 2 aromatic rings. The monoisotopic (exact) mass is 463 g/mol. The number of benzene rings is 2. The number of carbonyl (C=O) groups is 1. The van der Waals surface area contributed by atoms with Gasteiger partial charge >= 0.3 is 0 Å². The third-order valence-corrected chi connectivity index (χ3v) is 4.84. The van der Waals surface area contributed by atoms with E-state index < -0.39 is 15.9 Å². The van der Waals surface area contributed by atoms with E-state index in [4.69, 9.17) is 58.6 Å². The van der Waals surface area contributed by atoms with E-state index in [1.54, 1.807) is 24.3 Å². The van der Waals surface area contributed by atoms with Crippen LogP contribution in [0.1, 0.15) is 21.5 Å². The van der Waals surface area contributed by atoms with Crippen molar-refractivity contribution in [1.82, 2.24) is 10.6 Å². The maximum atomic E-state index is 12.5. The molecule has 0 radical (unpaired) electrons. The molecule has 1 atom stereocenters. The second-order valence-electron chi connectivity index (χ2n) is 5.84. The van der Waals surface area contributed by atoms with Crippen molar-refractivity contribution in [3.8, 4) is 0 Å². The van der Waals surface area contributed by atoms with E-state index in [1.165, 1.54) is 0 Å². The van der Waals surface area contributed by atoms with Crippen molar-refractivity contribution in [3.05, 3.63) is 64.2 Å². The molecule has 4 nitrogen and oxygen atoms in total. The second kappa shape index (κ2) is 9.30. The number of carbonyl (C=O) groups excluding carboxylic acids is 1. The Kier molecular flexibility index (Phi) is 7.60. The van der Waals surface area contributed by atoms with Gasteiger partial charge in [-0.3, -0.25) is 4.79 Å². The minimum absolute atomic E-state index is 0.194. The summed E-state index contributed by atoms with van der Waals surface area (Å²) in [5.41, 5.74) is 3.13. The van der Waals surface area contributed by atoms with Crippen molar-refractivity contribution in [3.63, 3.8) is 0 Å². The van der Waals surface area contributed by atoms with Crippen LogP contribution in [0.15, 0.2) is 42.5 Å². The lowest BCUT2D eigenvalue weighted by atomic mass is 10.1. The van der Waals surface area contributed by atoms with E-state index in [0.29, 0.717) is 0 Å². The van der Waals surface area contributed by atoms with Gasteiger partial charge in [0, 0.05) is 5.69 Å². The zero-order valence-corrected chi connectivity index (χ0v) is 18.3. The van der Waals surface area contributed by atoms with Gasteiger partial charge in [0.15, 0.2) is 5.11 Å². The van der Waals surface area contributed by atoms with Crippen LogP contribution in [0, 0.1) is 13.8 Å². The van der Waals surface area contributed by atoms with E-state index >= 15 is 0 Å². The number of amides is 1. The summed E-state index contributed by atoms with van der Waals surface area (Å²) in [6.07, 6.45) is -1.09. The second-order valence-corrected chi connectivity index (χ2v) is 9.03. The van der Waals surface area contributed by atoms with Gasteiger partial charge in [-0.1, -0.05) is 70.7 Å². The van der Waals surface area contributed by atoms with Gasteiger partial charge < -0.3 is 16.0 Å². The number of thiocarbonyl (C=S) groups is 1. The zero-order valence-electron chi connectivity index (χ0n) is 14.4. The molecule has 27 heavy (non-hydrogen) atoms. The maximum absolute atomic E-state index is 12.5. The summed E-state index contributed by atoms with van der Waals surface area (Å²) >= 11 is 29.4. The first-order valence-electron chi connectivity index (χ1n) is 7.85. The van der Waals surface area contributed by atoms with Crippen molar-refractivity contribution in [2.24, 2.45) is 0 Å². The van der Waals surface area contributed by atoms with Gasteiger partial charge in [0.1, 0.15) is 6.17 Å². The van der Waals surface area contributed by atoms with Crippen LogP contribution in [-0.2, 0) is 0 Å². The summed E-state index contributed by atoms with van der Waals surface area (Å²) in [6, 6.07) is 12.5. The van der Waals surface area contributed by atoms with Crippen LogP contribution >= 0.6 is 58.6 Å². The van der Waals surface area contributed by atoms with Gasteiger partial charge in [0.05, 0.1) is 10.6 Å². The van der Waals surface area contributed by atoms with E-state index in [1.807, 2.05) is 32.0 Å². The number of hydrogen-bond acceptors (Lipinski definition) is 2. The fourth-order valence-electron chi connectivity index (χ4n) is 2.21. The van der Waals surface area contributed by atoms with Crippen LogP contribution in [0.2, 0.25) is 5.02 Å². The number of halogens is 4. The Labute approximate surface area is 183 Å². The number of nitrogens with one attached hydrogen (secondary N) is 3. The molecule has 0 bridgehead atoms. The van der Waals surface area contributed by atoms with Crippen molar-refractivity contribution in [2.45, 2.75) is 23.8 Å². The Hall–Kier alpha value is -1.24. The molecule has 3 N–H and O–H groups in total. The average molecular weight is 465 g/mol. The van der Waals surface area contributed by atoms with E-state index in [-0.39, 0.29) is 15.7 Å². The maximum Gasteiger partial charge on any atom is 0.254 e. The van der Waals surface area contributed by atoms with Crippen molar-refractivity contribution in [1.29, 1.82) is 0 Å². The van der Waals surface area contributed by atoms with Crippen LogP contribution in [0.5, 0.6) is 0 Å².